The van der Waals surface area contributed by atoms with Crippen molar-refractivity contribution in [3.8, 4) is 0 Å². The molecule has 1 atom stereocenters. The van der Waals surface area contributed by atoms with E-state index in [4.69, 9.17) is 9.73 Å². The number of guanidine groups is 1. The molecule has 0 bridgehead atoms. The van der Waals surface area contributed by atoms with E-state index in [1.807, 2.05) is 22.7 Å². The molecule has 1 N–H and O–H groups in total. The topological polar surface area (TPSA) is 40.1 Å². The van der Waals surface area contributed by atoms with Crippen molar-refractivity contribution in [3.05, 3.63) is 44.3 Å². The Morgan fingerprint density at radius 2 is 2.10 bits per heavy atom. The molecule has 3 heterocycles. The highest BCUT2D eigenvalue weighted by Gasteiger charge is 2.24. The summed E-state index contributed by atoms with van der Waals surface area (Å²) < 4.78 is 5.57. The molecule has 162 valence electrons. The molecular weight excluding hydrogens is 515 g/mol. The normalized spacial score (nSPS) is 16.3. The molecule has 1 aliphatic rings. The number of likely N-dealkylation sites (N-methyl/N-ethyl adjacent to an activating group) is 1. The summed E-state index contributed by atoms with van der Waals surface area (Å²) in [5.74, 6) is 0.991. The van der Waals surface area contributed by atoms with E-state index in [1.54, 1.807) is 0 Å². The Balaban J connectivity index is 0.00000300. The molecule has 0 spiro atoms. The lowest BCUT2D eigenvalue weighted by Crippen LogP contribution is -2.42. The van der Waals surface area contributed by atoms with Crippen molar-refractivity contribution in [1.29, 1.82) is 0 Å². The Bertz CT molecular complexity index is 729. The van der Waals surface area contributed by atoms with Crippen molar-refractivity contribution >= 4 is 52.6 Å². The molecule has 0 aliphatic carbocycles. The van der Waals surface area contributed by atoms with Gasteiger partial charge < -0.3 is 15.0 Å². The van der Waals surface area contributed by atoms with Crippen LogP contribution in [0.4, 0.5) is 0 Å². The summed E-state index contributed by atoms with van der Waals surface area (Å²) in [7, 11) is 2.13. The molecule has 2 aromatic heterocycles. The van der Waals surface area contributed by atoms with E-state index < -0.39 is 0 Å². The van der Waals surface area contributed by atoms with Crippen LogP contribution in [0, 0.1) is 6.92 Å². The third-order valence-electron chi connectivity index (χ3n) is 4.96. The molecule has 5 nitrogen and oxygen atoms in total. The van der Waals surface area contributed by atoms with Crippen molar-refractivity contribution in [3.63, 3.8) is 0 Å². The fourth-order valence-corrected chi connectivity index (χ4v) is 5.09. The van der Waals surface area contributed by atoms with Gasteiger partial charge in [-0.1, -0.05) is 6.07 Å². The van der Waals surface area contributed by atoms with Crippen LogP contribution in [0.15, 0.2) is 34.6 Å². The van der Waals surface area contributed by atoms with Crippen molar-refractivity contribution in [2.45, 2.75) is 26.3 Å². The molecule has 29 heavy (non-hydrogen) atoms. The number of morpholine rings is 1. The molecule has 1 fully saturated rings. The number of nitrogens with zero attached hydrogens (tertiary/aromatic N) is 3. The van der Waals surface area contributed by atoms with Crippen LogP contribution >= 0.6 is 46.7 Å². The number of ether oxygens (including phenoxy) is 1. The molecule has 8 heteroatoms. The number of aliphatic imine (C=N–C) groups is 1. The first-order valence-corrected chi connectivity index (χ1v) is 11.8. The van der Waals surface area contributed by atoms with Gasteiger partial charge in [0.25, 0.3) is 0 Å². The van der Waals surface area contributed by atoms with Crippen LogP contribution in [0.3, 0.4) is 0 Å². The Kier molecular flexibility index (Phi) is 10.9. The Morgan fingerprint density at radius 1 is 1.31 bits per heavy atom. The predicted molar refractivity (Wildman–Crippen MR) is 136 cm³/mol. The Morgan fingerprint density at radius 3 is 2.72 bits per heavy atom. The fraction of sp³-hybridized carbons (Fsp3) is 0.571. The van der Waals surface area contributed by atoms with Crippen LogP contribution in [0.5, 0.6) is 0 Å². The average Bonchev–Trinajstić information content (AvgIpc) is 3.38. The zero-order valence-corrected chi connectivity index (χ0v) is 21.6. The molecule has 3 rings (SSSR count). The summed E-state index contributed by atoms with van der Waals surface area (Å²) >= 11 is 3.71. The Labute approximate surface area is 200 Å². The van der Waals surface area contributed by atoms with E-state index in [1.165, 1.54) is 14.6 Å². The van der Waals surface area contributed by atoms with Crippen LogP contribution in [-0.4, -0.2) is 68.7 Å². The molecule has 1 unspecified atom stereocenters. The molecule has 0 amide bonds. The Hall–Kier alpha value is -0.680. The third-order valence-corrected chi connectivity index (χ3v) is 7.00. The largest absolute Gasteiger partial charge is 0.379 e. The lowest BCUT2D eigenvalue weighted by Gasteiger charge is -2.33. The number of thiophene rings is 2. The highest BCUT2D eigenvalue weighted by molar-refractivity contribution is 14.0. The lowest BCUT2D eigenvalue weighted by atomic mass is 10.2. The second kappa shape index (κ2) is 12.9. The second-order valence-electron chi connectivity index (χ2n) is 7.06. The van der Waals surface area contributed by atoms with Crippen molar-refractivity contribution in [1.82, 2.24) is 15.1 Å². The van der Waals surface area contributed by atoms with Crippen molar-refractivity contribution in [2.75, 3.05) is 53.0 Å². The molecule has 0 saturated carbocycles. The SMILES string of the molecule is CCNC(=NCC(c1ccc(C)s1)N1CCOCC1)N(C)CCc1cccs1.I. The predicted octanol–water partition coefficient (Wildman–Crippen LogP) is 4.25. The number of rotatable bonds is 8. The minimum absolute atomic E-state index is 0. The second-order valence-corrected chi connectivity index (χ2v) is 9.41. The summed E-state index contributed by atoms with van der Waals surface area (Å²) in [4.78, 5) is 14.0. The number of nitrogens with one attached hydrogen (secondary N) is 1. The van der Waals surface area contributed by atoms with Crippen LogP contribution in [0.2, 0.25) is 0 Å². The molecule has 1 aliphatic heterocycles. The third kappa shape index (κ3) is 7.50. The van der Waals surface area contributed by atoms with Crippen LogP contribution in [-0.2, 0) is 11.2 Å². The number of hydrogen-bond donors (Lipinski definition) is 1. The minimum Gasteiger partial charge on any atom is -0.379 e. The minimum atomic E-state index is 0. The molecule has 0 aromatic carbocycles. The summed E-state index contributed by atoms with van der Waals surface area (Å²) in [6, 6.07) is 9.13. The van der Waals surface area contributed by atoms with Gasteiger partial charge in [-0.2, -0.15) is 0 Å². The summed E-state index contributed by atoms with van der Waals surface area (Å²) in [6.07, 6.45) is 1.05. The van der Waals surface area contributed by atoms with E-state index in [0.29, 0.717) is 6.04 Å². The number of hydrogen-bond acceptors (Lipinski definition) is 5. The maximum Gasteiger partial charge on any atom is 0.193 e. The van der Waals surface area contributed by atoms with Crippen LogP contribution in [0.1, 0.15) is 27.6 Å². The standard InChI is InChI=1S/C21H32N4OS2.HI/c1-4-22-21(24(3)10-9-18-6-5-15-27-18)23-16-19(20-8-7-17(2)28-20)25-11-13-26-14-12-25;/h5-8,15,19H,4,9-14,16H2,1-3H3,(H,22,23);1H. The van der Waals surface area contributed by atoms with Gasteiger partial charge in [-0.05, 0) is 43.8 Å². The zero-order chi connectivity index (χ0) is 19.8. The maximum atomic E-state index is 5.57. The first kappa shape index (κ1) is 24.6. The van der Waals surface area contributed by atoms with Gasteiger partial charge in [-0.15, -0.1) is 46.7 Å². The molecule has 1 saturated heterocycles. The maximum absolute atomic E-state index is 5.57. The monoisotopic (exact) mass is 548 g/mol. The molecule has 0 radical (unpaired) electrons. The van der Waals surface area contributed by atoms with Gasteiger partial charge in [0.1, 0.15) is 0 Å². The highest BCUT2D eigenvalue weighted by atomic mass is 127. The van der Waals surface area contributed by atoms with Gasteiger partial charge in [0.05, 0.1) is 25.8 Å². The van der Waals surface area contributed by atoms with Gasteiger partial charge >= 0.3 is 0 Å². The first-order valence-electron chi connectivity index (χ1n) is 10.1. The van der Waals surface area contributed by atoms with E-state index in [2.05, 4.69) is 65.7 Å². The summed E-state index contributed by atoms with van der Waals surface area (Å²) in [5.41, 5.74) is 0. The lowest BCUT2D eigenvalue weighted by molar-refractivity contribution is 0.0186. The highest BCUT2D eigenvalue weighted by Crippen LogP contribution is 2.28. The first-order chi connectivity index (χ1) is 13.7. The van der Waals surface area contributed by atoms with E-state index >= 15 is 0 Å². The van der Waals surface area contributed by atoms with Gasteiger partial charge in [-0.3, -0.25) is 9.89 Å². The van der Waals surface area contributed by atoms with E-state index in [-0.39, 0.29) is 24.0 Å². The zero-order valence-electron chi connectivity index (χ0n) is 17.6. The molecule has 2 aromatic rings. The summed E-state index contributed by atoms with van der Waals surface area (Å²) in [6.45, 7) is 10.5. The quantitative estimate of drug-likeness (QED) is 0.304. The van der Waals surface area contributed by atoms with E-state index in [0.717, 1.165) is 58.3 Å². The van der Waals surface area contributed by atoms with Gasteiger partial charge in [-0.25, -0.2) is 0 Å². The van der Waals surface area contributed by atoms with Gasteiger partial charge in [0.15, 0.2) is 5.96 Å². The van der Waals surface area contributed by atoms with Crippen LogP contribution in [0.25, 0.3) is 0 Å². The number of halogens is 1. The van der Waals surface area contributed by atoms with Gasteiger partial charge in [0.2, 0.25) is 0 Å². The van der Waals surface area contributed by atoms with E-state index in [9.17, 15) is 0 Å². The van der Waals surface area contributed by atoms with Crippen LogP contribution < -0.4 is 5.32 Å². The average molecular weight is 549 g/mol. The van der Waals surface area contributed by atoms with Crippen molar-refractivity contribution in [2.24, 2.45) is 4.99 Å². The molecular formula is C21H33IN4OS2. The number of aryl methyl sites for hydroxylation is 1. The fourth-order valence-electron chi connectivity index (χ4n) is 3.39. The smallest absolute Gasteiger partial charge is 0.193 e. The van der Waals surface area contributed by atoms with Crippen molar-refractivity contribution < 1.29 is 4.74 Å². The summed E-state index contributed by atoms with van der Waals surface area (Å²) in [5, 5.41) is 5.61. The van der Waals surface area contributed by atoms with Gasteiger partial charge in [0, 0.05) is 47.9 Å².